The Kier molecular flexibility index (Phi) is 11.4. The minimum absolute atomic E-state index is 0.0525. The van der Waals surface area contributed by atoms with Gasteiger partial charge in [-0.05, 0) is 32.1 Å². The quantitative estimate of drug-likeness (QED) is 0.245. The van der Waals surface area contributed by atoms with Crippen LogP contribution in [0.4, 0.5) is 0 Å². The van der Waals surface area contributed by atoms with Crippen molar-refractivity contribution in [2.75, 3.05) is 0 Å². The highest BCUT2D eigenvalue weighted by Gasteiger charge is 2.32. The third-order valence-electron chi connectivity index (χ3n) is 4.69. The molecule has 3 amide bonds. The zero-order chi connectivity index (χ0) is 22.9. The fourth-order valence-corrected chi connectivity index (χ4v) is 2.51. The minimum Gasteiger partial charge on any atom is -0.480 e. The molecule has 6 atom stereocenters. The van der Waals surface area contributed by atoms with Crippen molar-refractivity contribution < 1.29 is 29.4 Å². The predicted octanol–water partition coefficient (Wildman–Crippen LogP) is -0.654. The first-order valence-electron chi connectivity index (χ1n) is 9.89. The Hall–Kier alpha value is -2.20. The lowest BCUT2D eigenvalue weighted by Gasteiger charge is -2.27. The molecule has 10 nitrogen and oxygen atoms in total. The minimum atomic E-state index is -1.38. The average molecular weight is 417 g/mol. The van der Waals surface area contributed by atoms with Gasteiger partial charge in [-0.2, -0.15) is 0 Å². The fraction of sp³-hybridized carbons (Fsp3) is 0.789. The molecule has 7 N–H and O–H groups in total. The van der Waals surface area contributed by atoms with Crippen LogP contribution in [0.5, 0.6) is 0 Å². The summed E-state index contributed by atoms with van der Waals surface area (Å²) in [6.07, 6.45) is -0.288. The van der Waals surface area contributed by atoms with Crippen LogP contribution in [0.2, 0.25) is 0 Å². The number of rotatable bonds is 12. The summed E-state index contributed by atoms with van der Waals surface area (Å²) in [4.78, 5) is 48.3. The number of hydrogen-bond acceptors (Lipinski definition) is 6. The summed E-state index contributed by atoms with van der Waals surface area (Å²) in [7, 11) is 0. The third kappa shape index (κ3) is 9.23. The normalized spacial score (nSPS) is 17.4. The van der Waals surface area contributed by atoms with Crippen LogP contribution < -0.4 is 21.7 Å². The Labute approximate surface area is 172 Å². The van der Waals surface area contributed by atoms with E-state index in [4.69, 9.17) is 10.8 Å². The van der Waals surface area contributed by atoms with Gasteiger partial charge < -0.3 is 31.9 Å². The number of carbonyl (C=O) groups excluding carboxylic acids is 3. The van der Waals surface area contributed by atoms with Crippen LogP contribution in [0.3, 0.4) is 0 Å². The highest BCUT2D eigenvalue weighted by molar-refractivity contribution is 5.94. The molecular formula is C19H36N4O6. The highest BCUT2D eigenvalue weighted by Crippen LogP contribution is 2.09. The van der Waals surface area contributed by atoms with Crippen molar-refractivity contribution in [3.8, 4) is 0 Å². The third-order valence-corrected chi connectivity index (χ3v) is 4.69. The second-order valence-electron chi connectivity index (χ2n) is 7.90. The van der Waals surface area contributed by atoms with Gasteiger partial charge in [0.15, 0.2) is 0 Å². The summed E-state index contributed by atoms with van der Waals surface area (Å²) >= 11 is 0. The zero-order valence-electron chi connectivity index (χ0n) is 18.1. The van der Waals surface area contributed by atoms with Gasteiger partial charge in [0.2, 0.25) is 17.7 Å². The number of carbonyl (C=O) groups is 4. The molecule has 6 unspecified atom stereocenters. The molecule has 0 saturated carbocycles. The van der Waals surface area contributed by atoms with Crippen LogP contribution in [-0.2, 0) is 19.2 Å². The van der Waals surface area contributed by atoms with Crippen LogP contribution in [-0.4, -0.2) is 64.2 Å². The van der Waals surface area contributed by atoms with Gasteiger partial charge in [0.1, 0.15) is 18.1 Å². The monoisotopic (exact) mass is 416 g/mol. The lowest BCUT2D eigenvalue weighted by molar-refractivity contribution is -0.142. The lowest BCUT2D eigenvalue weighted by atomic mass is 9.97. The van der Waals surface area contributed by atoms with E-state index in [0.717, 1.165) is 0 Å². The molecule has 10 heteroatoms. The maximum atomic E-state index is 12.7. The Morgan fingerprint density at radius 1 is 0.897 bits per heavy atom. The maximum Gasteiger partial charge on any atom is 0.325 e. The summed E-state index contributed by atoms with van der Waals surface area (Å²) < 4.78 is 0. The fourth-order valence-electron chi connectivity index (χ4n) is 2.51. The summed E-state index contributed by atoms with van der Waals surface area (Å²) in [6, 6.07) is -4.31. The van der Waals surface area contributed by atoms with E-state index in [1.165, 1.54) is 13.8 Å². The number of aliphatic hydroxyl groups is 1. The van der Waals surface area contributed by atoms with Crippen LogP contribution in [0.15, 0.2) is 0 Å². The standard InChI is InChI=1S/C19H36N4O6/c1-7-10(4)14(20)17(26)22-13(8-9(2)3)16(25)23-15(12(6)24)18(27)21-11(5)19(28)29/h9-15,24H,7-8,20H2,1-6H3,(H,21,27)(H,22,26)(H,23,25)(H,28,29). The first-order chi connectivity index (χ1) is 13.3. The smallest absolute Gasteiger partial charge is 0.325 e. The van der Waals surface area contributed by atoms with Gasteiger partial charge in [0, 0.05) is 0 Å². The summed E-state index contributed by atoms with van der Waals surface area (Å²) in [6.45, 7) is 10.0. The Morgan fingerprint density at radius 3 is 1.86 bits per heavy atom. The number of amides is 3. The van der Waals surface area contributed by atoms with Gasteiger partial charge in [-0.3, -0.25) is 19.2 Å². The largest absolute Gasteiger partial charge is 0.480 e. The van der Waals surface area contributed by atoms with Gasteiger partial charge in [0.25, 0.3) is 0 Å². The Morgan fingerprint density at radius 2 is 1.45 bits per heavy atom. The van der Waals surface area contributed by atoms with Crippen molar-refractivity contribution in [1.29, 1.82) is 0 Å². The van der Waals surface area contributed by atoms with Gasteiger partial charge in [-0.25, -0.2) is 0 Å². The molecule has 0 aliphatic rings. The number of aliphatic carboxylic acids is 1. The first-order valence-corrected chi connectivity index (χ1v) is 9.89. The second kappa shape index (κ2) is 12.4. The molecule has 0 saturated heterocycles. The van der Waals surface area contributed by atoms with Crippen molar-refractivity contribution in [1.82, 2.24) is 16.0 Å². The van der Waals surface area contributed by atoms with E-state index >= 15 is 0 Å². The van der Waals surface area contributed by atoms with E-state index in [9.17, 15) is 24.3 Å². The summed E-state index contributed by atoms with van der Waals surface area (Å²) in [5.74, 6) is -3.25. The second-order valence-corrected chi connectivity index (χ2v) is 7.90. The number of aliphatic hydroxyl groups excluding tert-OH is 1. The topological polar surface area (TPSA) is 171 Å². The Bertz CT molecular complexity index is 581. The molecule has 0 aliphatic carbocycles. The average Bonchev–Trinajstić information content (AvgIpc) is 2.62. The summed E-state index contributed by atoms with van der Waals surface area (Å²) in [5.41, 5.74) is 5.93. The van der Waals surface area contributed by atoms with Gasteiger partial charge in [-0.15, -0.1) is 0 Å². The Balaban J connectivity index is 5.32. The maximum absolute atomic E-state index is 12.7. The molecule has 0 aromatic heterocycles. The van der Waals surface area contributed by atoms with Crippen molar-refractivity contribution in [3.05, 3.63) is 0 Å². The van der Waals surface area contributed by atoms with E-state index in [2.05, 4.69) is 16.0 Å². The van der Waals surface area contributed by atoms with E-state index in [0.29, 0.717) is 12.8 Å². The highest BCUT2D eigenvalue weighted by atomic mass is 16.4. The van der Waals surface area contributed by atoms with E-state index in [1.807, 2.05) is 27.7 Å². The number of carboxylic acid groups (broad SMARTS) is 1. The lowest BCUT2D eigenvalue weighted by Crippen LogP contribution is -2.60. The zero-order valence-corrected chi connectivity index (χ0v) is 18.1. The molecule has 29 heavy (non-hydrogen) atoms. The molecule has 0 radical (unpaired) electrons. The van der Waals surface area contributed by atoms with Crippen LogP contribution in [0, 0.1) is 11.8 Å². The summed E-state index contributed by atoms with van der Waals surface area (Å²) in [5, 5.41) is 26.0. The van der Waals surface area contributed by atoms with Crippen LogP contribution >= 0.6 is 0 Å². The molecule has 0 aliphatic heterocycles. The number of nitrogens with two attached hydrogens (primary N) is 1. The molecule has 168 valence electrons. The van der Waals surface area contributed by atoms with Gasteiger partial charge >= 0.3 is 5.97 Å². The van der Waals surface area contributed by atoms with Crippen molar-refractivity contribution in [2.24, 2.45) is 17.6 Å². The predicted molar refractivity (Wildman–Crippen MR) is 108 cm³/mol. The molecule has 0 aromatic carbocycles. The first kappa shape index (κ1) is 26.8. The number of hydrogen-bond donors (Lipinski definition) is 6. The van der Waals surface area contributed by atoms with Gasteiger partial charge in [-0.1, -0.05) is 34.1 Å². The number of nitrogens with one attached hydrogen (secondary N) is 3. The molecule has 0 spiro atoms. The molecular weight excluding hydrogens is 380 g/mol. The van der Waals surface area contributed by atoms with E-state index in [1.54, 1.807) is 0 Å². The molecule has 0 heterocycles. The molecule has 0 fully saturated rings. The van der Waals surface area contributed by atoms with E-state index < -0.39 is 54.0 Å². The van der Waals surface area contributed by atoms with Crippen molar-refractivity contribution >= 4 is 23.7 Å². The van der Waals surface area contributed by atoms with Crippen LogP contribution in [0.1, 0.15) is 54.4 Å². The van der Waals surface area contributed by atoms with Crippen molar-refractivity contribution in [2.45, 2.75) is 84.7 Å². The van der Waals surface area contributed by atoms with Crippen LogP contribution in [0.25, 0.3) is 0 Å². The molecule has 0 aromatic rings. The van der Waals surface area contributed by atoms with Gasteiger partial charge in [0.05, 0.1) is 12.1 Å². The molecule has 0 rings (SSSR count). The molecule has 0 bridgehead atoms. The van der Waals surface area contributed by atoms with E-state index in [-0.39, 0.29) is 11.8 Å². The van der Waals surface area contributed by atoms with Crippen molar-refractivity contribution in [3.63, 3.8) is 0 Å². The SMILES string of the molecule is CCC(C)C(N)C(=O)NC(CC(C)C)C(=O)NC(C(=O)NC(C)C(=O)O)C(C)O. The number of carboxylic acids is 1.